The Hall–Kier alpha value is -1.85. The Morgan fingerprint density at radius 3 is 2.75 bits per heavy atom. The minimum Gasteiger partial charge on any atom is -0.370 e. The Kier molecular flexibility index (Phi) is 4.29. The summed E-state index contributed by atoms with van der Waals surface area (Å²) in [4.78, 5) is 4.29. The lowest BCUT2D eigenvalue weighted by Crippen LogP contribution is -2.07. The minimum absolute atomic E-state index is 0.723. The molecule has 1 aromatic carbocycles. The van der Waals surface area contributed by atoms with Crippen molar-refractivity contribution in [3.8, 4) is 16.9 Å². The second kappa shape index (κ2) is 6.57. The molecule has 0 fully saturated rings. The molecule has 3 aromatic rings. The number of anilines is 1. The van der Waals surface area contributed by atoms with E-state index in [9.17, 15) is 0 Å². The molecule has 0 amide bonds. The average Bonchev–Trinajstić information content (AvgIpc) is 2.77. The molecule has 0 saturated carbocycles. The topological polar surface area (TPSA) is 42.7 Å². The molecule has 0 bridgehead atoms. The van der Waals surface area contributed by atoms with Gasteiger partial charge in [0.25, 0.3) is 0 Å². The van der Waals surface area contributed by atoms with Crippen LogP contribution in [-0.4, -0.2) is 21.3 Å². The predicted molar refractivity (Wildman–Crippen MR) is 101 cm³/mol. The number of nitrogens with one attached hydrogen (secondary N) is 1. The molecule has 3 heterocycles. The zero-order valence-electron chi connectivity index (χ0n) is 13.0. The highest BCUT2D eigenvalue weighted by Crippen LogP contribution is 2.34. The van der Waals surface area contributed by atoms with E-state index in [0.717, 1.165) is 58.1 Å². The van der Waals surface area contributed by atoms with Crippen LogP contribution in [0.25, 0.3) is 16.9 Å². The van der Waals surface area contributed by atoms with Crippen LogP contribution < -0.4 is 5.32 Å². The molecule has 0 unspecified atom stereocenters. The zero-order chi connectivity index (χ0) is 16.5. The fourth-order valence-corrected chi connectivity index (χ4v) is 3.54. The Morgan fingerprint density at radius 2 is 1.96 bits per heavy atom. The first-order chi connectivity index (χ1) is 11.7. The van der Waals surface area contributed by atoms with Gasteiger partial charge < -0.3 is 5.32 Å². The smallest absolute Gasteiger partial charge is 0.133 e. The fraction of sp³-hybridized carbons (Fsp3) is 0.222. The van der Waals surface area contributed by atoms with E-state index in [4.69, 9.17) is 16.7 Å². The van der Waals surface area contributed by atoms with E-state index in [1.165, 1.54) is 5.56 Å². The van der Waals surface area contributed by atoms with E-state index >= 15 is 0 Å². The van der Waals surface area contributed by atoms with Crippen molar-refractivity contribution in [3.05, 3.63) is 57.8 Å². The summed E-state index contributed by atoms with van der Waals surface area (Å²) in [6.45, 7) is 0.961. The van der Waals surface area contributed by atoms with Gasteiger partial charge in [-0.05, 0) is 65.5 Å². The third kappa shape index (κ3) is 2.94. The average molecular weight is 404 g/mol. The summed E-state index contributed by atoms with van der Waals surface area (Å²) in [5.74, 6) is 1.07. The van der Waals surface area contributed by atoms with E-state index in [2.05, 4.69) is 32.3 Å². The maximum absolute atomic E-state index is 6.03. The molecule has 4 nitrogen and oxygen atoms in total. The molecule has 24 heavy (non-hydrogen) atoms. The fourth-order valence-electron chi connectivity index (χ4n) is 3.04. The Bertz CT molecular complexity index is 873. The van der Waals surface area contributed by atoms with Crippen molar-refractivity contribution in [2.45, 2.75) is 19.3 Å². The summed E-state index contributed by atoms with van der Waals surface area (Å²) >= 11 is 9.53. The molecule has 1 aliphatic heterocycles. The quantitative estimate of drug-likeness (QED) is 0.647. The molecule has 1 aliphatic rings. The SMILES string of the molecule is Clc1ccc(-n2nc(-c3cncc(Br)c3)c3c2NCCCC3)cc1. The summed E-state index contributed by atoms with van der Waals surface area (Å²) in [5.41, 5.74) is 4.27. The molecule has 2 aromatic heterocycles. The van der Waals surface area contributed by atoms with Crippen molar-refractivity contribution < 1.29 is 0 Å². The second-order valence-corrected chi connectivity index (χ2v) is 7.19. The van der Waals surface area contributed by atoms with Gasteiger partial charge in [0.15, 0.2) is 0 Å². The van der Waals surface area contributed by atoms with E-state index in [-0.39, 0.29) is 0 Å². The first-order valence-corrected chi connectivity index (χ1v) is 9.12. The number of aromatic nitrogens is 3. The number of benzene rings is 1. The molecule has 0 aliphatic carbocycles. The molecule has 122 valence electrons. The zero-order valence-corrected chi connectivity index (χ0v) is 15.3. The van der Waals surface area contributed by atoms with Gasteiger partial charge in [0.05, 0.1) is 11.4 Å². The van der Waals surface area contributed by atoms with Crippen molar-refractivity contribution in [1.29, 1.82) is 0 Å². The van der Waals surface area contributed by atoms with Gasteiger partial charge >= 0.3 is 0 Å². The summed E-state index contributed by atoms with van der Waals surface area (Å²) in [6, 6.07) is 9.83. The molecule has 4 rings (SSSR count). The largest absolute Gasteiger partial charge is 0.370 e. The van der Waals surface area contributed by atoms with Crippen molar-refractivity contribution in [2.24, 2.45) is 0 Å². The van der Waals surface area contributed by atoms with Crippen LogP contribution in [0.2, 0.25) is 5.02 Å². The van der Waals surface area contributed by atoms with E-state index in [0.29, 0.717) is 0 Å². The number of nitrogens with zero attached hydrogens (tertiary/aromatic N) is 3. The molecule has 1 N–H and O–H groups in total. The lowest BCUT2D eigenvalue weighted by atomic mass is 10.1. The summed E-state index contributed by atoms with van der Waals surface area (Å²) in [7, 11) is 0. The number of pyridine rings is 1. The first-order valence-electron chi connectivity index (χ1n) is 7.95. The number of hydrogen-bond donors (Lipinski definition) is 1. The highest BCUT2D eigenvalue weighted by molar-refractivity contribution is 9.10. The molecule has 0 saturated heterocycles. The van der Waals surface area contributed by atoms with Crippen LogP contribution in [0.3, 0.4) is 0 Å². The number of rotatable bonds is 2. The molecule has 6 heteroatoms. The van der Waals surface area contributed by atoms with Gasteiger partial charge in [0.1, 0.15) is 5.82 Å². The summed E-state index contributed by atoms with van der Waals surface area (Å²) in [6.07, 6.45) is 6.98. The van der Waals surface area contributed by atoms with Crippen LogP contribution in [0, 0.1) is 0 Å². The molecule has 0 radical (unpaired) electrons. The first kappa shape index (κ1) is 15.7. The van der Waals surface area contributed by atoms with E-state index < -0.39 is 0 Å². The molecule has 0 spiro atoms. The van der Waals surface area contributed by atoms with E-state index in [1.54, 1.807) is 6.20 Å². The Morgan fingerprint density at radius 1 is 1.12 bits per heavy atom. The van der Waals surface area contributed by atoms with Crippen molar-refractivity contribution in [1.82, 2.24) is 14.8 Å². The minimum atomic E-state index is 0.723. The van der Waals surface area contributed by atoms with Gasteiger partial charge in [-0.25, -0.2) is 4.68 Å². The molecular formula is C18H16BrClN4. The van der Waals surface area contributed by atoms with Crippen LogP contribution in [0.5, 0.6) is 0 Å². The lowest BCUT2D eigenvalue weighted by Gasteiger charge is -2.09. The van der Waals surface area contributed by atoms with Gasteiger partial charge in [-0.2, -0.15) is 5.10 Å². The van der Waals surface area contributed by atoms with Crippen LogP contribution in [0.4, 0.5) is 5.82 Å². The lowest BCUT2D eigenvalue weighted by molar-refractivity contribution is 0.780. The van der Waals surface area contributed by atoms with E-state index in [1.807, 2.05) is 35.1 Å². The van der Waals surface area contributed by atoms with Crippen LogP contribution in [0.1, 0.15) is 18.4 Å². The van der Waals surface area contributed by atoms with Crippen LogP contribution in [0.15, 0.2) is 47.2 Å². The highest BCUT2D eigenvalue weighted by atomic mass is 79.9. The second-order valence-electron chi connectivity index (χ2n) is 5.84. The monoisotopic (exact) mass is 402 g/mol. The van der Waals surface area contributed by atoms with Crippen molar-refractivity contribution in [2.75, 3.05) is 11.9 Å². The van der Waals surface area contributed by atoms with Gasteiger partial charge in [0, 0.05) is 39.6 Å². The van der Waals surface area contributed by atoms with Gasteiger partial charge in [-0.1, -0.05) is 11.6 Å². The number of hydrogen-bond acceptors (Lipinski definition) is 3. The van der Waals surface area contributed by atoms with Gasteiger partial charge in [0.2, 0.25) is 0 Å². The van der Waals surface area contributed by atoms with Crippen molar-refractivity contribution in [3.63, 3.8) is 0 Å². The van der Waals surface area contributed by atoms with Crippen LogP contribution >= 0.6 is 27.5 Å². The Labute approximate surface area is 154 Å². The predicted octanol–water partition coefficient (Wildman–Crippen LogP) is 5.10. The third-order valence-corrected chi connectivity index (χ3v) is 4.86. The molecular weight excluding hydrogens is 388 g/mol. The normalized spacial score (nSPS) is 13.9. The standard InChI is InChI=1S/C18H16BrClN4/c19-13-9-12(10-21-11-13)17-16-3-1-2-8-22-18(16)24(23-17)15-6-4-14(20)5-7-15/h4-7,9-11,22H,1-3,8H2. The number of fused-ring (bicyclic) bond motifs is 1. The maximum Gasteiger partial charge on any atom is 0.133 e. The summed E-state index contributed by atoms with van der Waals surface area (Å²) in [5, 5.41) is 9.17. The number of halogens is 2. The third-order valence-electron chi connectivity index (χ3n) is 4.18. The van der Waals surface area contributed by atoms with Crippen LogP contribution in [-0.2, 0) is 6.42 Å². The molecule has 0 atom stereocenters. The van der Waals surface area contributed by atoms with Gasteiger partial charge in [-0.15, -0.1) is 0 Å². The maximum atomic E-state index is 6.03. The summed E-state index contributed by atoms with van der Waals surface area (Å²) < 4.78 is 2.93. The van der Waals surface area contributed by atoms with Crippen molar-refractivity contribution >= 4 is 33.3 Å². The highest BCUT2D eigenvalue weighted by Gasteiger charge is 2.21. The Balaban J connectivity index is 1.90. The van der Waals surface area contributed by atoms with Gasteiger partial charge in [-0.3, -0.25) is 4.98 Å².